The Morgan fingerprint density at radius 2 is 2.21 bits per heavy atom. The molecule has 1 aliphatic heterocycles. The van der Waals surface area contributed by atoms with Gasteiger partial charge >= 0.3 is 0 Å². The average Bonchev–Trinajstić information content (AvgIpc) is 3.34. The van der Waals surface area contributed by atoms with Gasteiger partial charge in [0.2, 0.25) is 0 Å². The van der Waals surface area contributed by atoms with Crippen molar-refractivity contribution in [3.63, 3.8) is 0 Å². The van der Waals surface area contributed by atoms with Crippen LogP contribution in [0.25, 0.3) is 5.69 Å². The van der Waals surface area contributed by atoms with Gasteiger partial charge in [-0.2, -0.15) is 5.10 Å². The number of halogens is 1. The third-order valence-corrected chi connectivity index (χ3v) is 6.26. The maximum absolute atomic E-state index is 13.0. The summed E-state index contributed by atoms with van der Waals surface area (Å²) in [5, 5.41) is 7.92. The van der Waals surface area contributed by atoms with E-state index in [0.717, 1.165) is 73.7 Å². The van der Waals surface area contributed by atoms with E-state index in [1.165, 1.54) is 5.69 Å². The molecule has 6 heteroatoms. The van der Waals surface area contributed by atoms with Crippen molar-refractivity contribution in [1.29, 1.82) is 0 Å². The van der Waals surface area contributed by atoms with Crippen molar-refractivity contribution in [3.8, 4) is 5.69 Å². The van der Waals surface area contributed by atoms with Gasteiger partial charge in [-0.1, -0.05) is 22.0 Å². The zero-order valence-corrected chi connectivity index (χ0v) is 18.0. The number of benzene rings is 1. The monoisotopic (exact) mass is 445 g/mol. The summed E-state index contributed by atoms with van der Waals surface area (Å²) in [6.07, 6.45) is 8.76. The largest absolute Gasteiger partial charge is 0.378 e. The third-order valence-electron chi connectivity index (χ3n) is 5.77. The molecule has 1 saturated heterocycles. The van der Waals surface area contributed by atoms with E-state index in [9.17, 15) is 4.79 Å². The smallest absolute Gasteiger partial charge is 0.272 e. The number of aromatic nitrogens is 2. The SMILES string of the molecule is CC(CCC1CCCO1)NC(=O)c1nn(-c2cccc(Br)c2)c2c1CCCC2. The predicted octanol–water partition coefficient (Wildman–Crippen LogP) is 4.59. The minimum absolute atomic E-state index is 0.0493. The van der Waals surface area contributed by atoms with Crippen molar-refractivity contribution >= 4 is 21.8 Å². The third kappa shape index (κ3) is 4.33. The lowest BCUT2D eigenvalue weighted by molar-refractivity contribution is 0.0894. The lowest BCUT2D eigenvalue weighted by Crippen LogP contribution is -2.34. The molecule has 0 spiro atoms. The number of hydrogen-bond donors (Lipinski definition) is 1. The Morgan fingerprint density at radius 3 is 3.00 bits per heavy atom. The summed E-state index contributed by atoms with van der Waals surface area (Å²) in [5.41, 5.74) is 3.90. The van der Waals surface area contributed by atoms with Crippen LogP contribution < -0.4 is 5.32 Å². The Hall–Kier alpha value is -1.66. The van der Waals surface area contributed by atoms with Crippen molar-refractivity contribution in [1.82, 2.24) is 15.1 Å². The number of rotatable bonds is 6. The molecular weight excluding hydrogens is 418 g/mol. The number of nitrogens with zero attached hydrogens (tertiary/aromatic N) is 2. The molecule has 1 aliphatic carbocycles. The molecule has 0 radical (unpaired) electrons. The maximum Gasteiger partial charge on any atom is 0.272 e. The molecule has 1 aromatic carbocycles. The van der Waals surface area contributed by atoms with Gasteiger partial charge in [0.25, 0.3) is 5.91 Å². The van der Waals surface area contributed by atoms with Crippen molar-refractivity contribution in [2.75, 3.05) is 6.61 Å². The molecule has 0 bridgehead atoms. The van der Waals surface area contributed by atoms with Crippen LogP contribution in [-0.2, 0) is 17.6 Å². The van der Waals surface area contributed by atoms with E-state index in [1.54, 1.807) is 0 Å². The van der Waals surface area contributed by atoms with Gasteiger partial charge in [0, 0.05) is 28.4 Å². The quantitative estimate of drug-likeness (QED) is 0.706. The first-order chi connectivity index (χ1) is 13.6. The molecule has 2 heterocycles. The number of carbonyl (C=O) groups is 1. The topological polar surface area (TPSA) is 56.1 Å². The van der Waals surface area contributed by atoms with E-state index in [1.807, 2.05) is 28.9 Å². The molecule has 2 aromatic rings. The van der Waals surface area contributed by atoms with Gasteiger partial charge in [-0.15, -0.1) is 0 Å². The first-order valence-electron chi connectivity index (χ1n) is 10.4. The van der Waals surface area contributed by atoms with E-state index in [0.29, 0.717) is 11.8 Å². The van der Waals surface area contributed by atoms with Crippen LogP contribution in [0.2, 0.25) is 0 Å². The summed E-state index contributed by atoms with van der Waals surface area (Å²) < 4.78 is 8.67. The summed E-state index contributed by atoms with van der Waals surface area (Å²) in [7, 11) is 0. The standard InChI is InChI=1S/C22H28BrN3O2/c1-15(11-12-18-8-5-13-28-18)24-22(27)21-19-9-2-3-10-20(19)26(25-21)17-7-4-6-16(23)14-17/h4,6-7,14-15,18H,2-3,5,8-13H2,1H3,(H,24,27). The predicted molar refractivity (Wildman–Crippen MR) is 113 cm³/mol. The molecule has 1 fully saturated rings. The molecule has 1 aromatic heterocycles. The summed E-state index contributed by atoms with van der Waals surface area (Å²) in [5.74, 6) is -0.0493. The zero-order chi connectivity index (χ0) is 19.5. The van der Waals surface area contributed by atoms with Gasteiger partial charge in [0.1, 0.15) is 0 Å². The molecule has 5 nitrogen and oxygen atoms in total. The van der Waals surface area contributed by atoms with Crippen molar-refractivity contribution in [3.05, 3.63) is 45.7 Å². The molecule has 150 valence electrons. The highest BCUT2D eigenvalue weighted by atomic mass is 79.9. The lowest BCUT2D eigenvalue weighted by Gasteiger charge is -2.17. The van der Waals surface area contributed by atoms with Crippen molar-refractivity contribution in [2.24, 2.45) is 0 Å². The second kappa shape index (κ2) is 8.78. The highest BCUT2D eigenvalue weighted by Gasteiger charge is 2.26. The van der Waals surface area contributed by atoms with Gasteiger partial charge in [0.15, 0.2) is 5.69 Å². The van der Waals surface area contributed by atoms with Crippen LogP contribution in [0.1, 0.15) is 67.2 Å². The maximum atomic E-state index is 13.0. The molecule has 1 amide bonds. The Labute approximate surface area is 175 Å². The fraction of sp³-hybridized carbons (Fsp3) is 0.545. The minimum atomic E-state index is -0.0493. The van der Waals surface area contributed by atoms with Gasteiger partial charge < -0.3 is 10.1 Å². The number of carbonyl (C=O) groups excluding carboxylic acids is 1. The van der Waals surface area contributed by atoms with Gasteiger partial charge in [-0.3, -0.25) is 4.79 Å². The zero-order valence-electron chi connectivity index (χ0n) is 16.4. The Kier molecular flexibility index (Phi) is 6.16. The number of fused-ring (bicyclic) bond motifs is 1. The number of hydrogen-bond acceptors (Lipinski definition) is 3. The van der Waals surface area contributed by atoms with Crippen LogP contribution in [0.5, 0.6) is 0 Å². The molecule has 2 aliphatic rings. The molecule has 1 N–H and O–H groups in total. The van der Waals surface area contributed by atoms with Gasteiger partial charge in [0.05, 0.1) is 11.8 Å². The lowest BCUT2D eigenvalue weighted by atomic mass is 9.95. The fourth-order valence-electron chi connectivity index (χ4n) is 4.28. The highest BCUT2D eigenvalue weighted by Crippen LogP contribution is 2.28. The van der Waals surface area contributed by atoms with E-state index in [-0.39, 0.29) is 11.9 Å². The number of amides is 1. The highest BCUT2D eigenvalue weighted by molar-refractivity contribution is 9.10. The van der Waals surface area contributed by atoms with Crippen LogP contribution in [0.3, 0.4) is 0 Å². The molecule has 2 unspecified atom stereocenters. The van der Waals surface area contributed by atoms with E-state index >= 15 is 0 Å². The number of nitrogens with one attached hydrogen (secondary N) is 1. The first-order valence-corrected chi connectivity index (χ1v) is 11.2. The van der Waals surface area contributed by atoms with Crippen molar-refractivity contribution in [2.45, 2.75) is 70.4 Å². The van der Waals surface area contributed by atoms with Crippen LogP contribution >= 0.6 is 15.9 Å². The average molecular weight is 446 g/mol. The Morgan fingerprint density at radius 1 is 1.36 bits per heavy atom. The minimum Gasteiger partial charge on any atom is -0.378 e. The van der Waals surface area contributed by atoms with E-state index in [4.69, 9.17) is 9.84 Å². The fourth-order valence-corrected chi connectivity index (χ4v) is 4.66. The van der Waals surface area contributed by atoms with E-state index < -0.39 is 0 Å². The normalized spacial score (nSPS) is 20.0. The molecule has 28 heavy (non-hydrogen) atoms. The molecular formula is C22H28BrN3O2. The van der Waals surface area contributed by atoms with Gasteiger partial charge in [-0.05, 0) is 76.5 Å². The molecule has 4 rings (SSSR count). The first kappa shape index (κ1) is 19.6. The Balaban J connectivity index is 1.51. The summed E-state index contributed by atoms with van der Waals surface area (Å²) in [4.78, 5) is 13.0. The van der Waals surface area contributed by atoms with Crippen LogP contribution in [0.15, 0.2) is 28.7 Å². The second-order valence-corrected chi connectivity index (χ2v) is 8.88. The number of ether oxygens (including phenoxy) is 1. The van der Waals surface area contributed by atoms with Crippen molar-refractivity contribution < 1.29 is 9.53 Å². The van der Waals surface area contributed by atoms with E-state index in [2.05, 4.69) is 28.2 Å². The summed E-state index contributed by atoms with van der Waals surface area (Å²) >= 11 is 3.54. The van der Waals surface area contributed by atoms with Gasteiger partial charge in [-0.25, -0.2) is 4.68 Å². The van der Waals surface area contributed by atoms with Crippen LogP contribution in [0.4, 0.5) is 0 Å². The Bertz CT molecular complexity index is 842. The molecule has 0 saturated carbocycles. The summed E-state index contributed by atoms with van der Waals surface area (Å²) in [6.45, 7) is 2.95. The summed E-state index contributed by atoms with van der Waals surface area (Å²) in [6, 6.07) is 8.21. The molecule has 2 atom stereocenters. The van der Waals surface area contributed by atoms with Crippen LogP contribution in [-0.4, -0.2) is 34.4 Å². The second-order valence-electron chi connectivity index (χ2n) is 7.96. The van der Waals surface area contributed by atoms with Crippen LogP contribution in [0, 0.1) is 0 Å².